The maximum Gasteiger partial charge on any atom is 0.224 e. The monoisotopic (exact) mass is 377 g/mol. The molecule has 2 rings (SSSR count). The zero-order chi connectivity index (χ0) is 15.2. The average Bonchev–Trinajstić information content (AvgIpc) is 2.96. The number of thiazole rings is 1. The molecule has 0 fully saturated rings. The van der Waals surface area contributed by atoms with Gasteiger partial charge in [0.1, 0.15) is 11.1 Å². The number of hydrogen-bond donors (Lipinski definition) is 2. The second kappa shape index (κ2) is 10.4. The fourth-order valence-electron chi connectivity index (χ4n) is 1.76. The molecular weight excluding hydrogens is 357 g/mol. The lowest BCUT2D eigenvalue weighted by Crippen LogP contribution is -2.24. The van der Waals surface area contributed by atoms with Crippen molar-refractivity contribution in [2.45, 2.75) is 26.0 Å². The van der Waals surface area contributed by atoms with E-state index < -0.39 is 0 Å². The van der Waals surface area contributed by atoms with Gasteiger partial charge in [-0.1, -0.05) is 12.1 Å². The molecule has 0 aliphatic rings. The minimum Gasteiger partial charge on any atom is -0.399 e. The van der Waals surface area contributed by atoms with E-state index in [0.717, 1.165) is 16.3 Å². The highest BCUT2D eigenvalue weighted by Crippen LogP contribution is 2.20. The summed E-state index contributed by atoms with van der Waals surface area (Å²) in [5, 5.41) is 5.72. The molecule has 1 aromatic carbocycles. The van der Waals surface area contributed by atoms with Gasteiger partial charge in [-0.05, 0) is 24.6 Å². The van der Waals surface area contributed by atoms with Crippen molar-refractivity contribution in [2.75, 3.05) is 12.8 Å². The third kappa shape index (κ3) is 6.74. The highest BCUT2D eigenvalue weighted by Gasteiger charge is 2.10. The summed E-state index contributed by atoms with van der Waals surface area (Å²) < 4.78 is 5.21. The summed E-state index contributed by atoms with van der Waals surface area (Å²) >= 11 is 1.54. The van der Waals surface area contributed by atoms with Crippen molar-refractivity contribution in [3.8, 4) is 0 Å². The molecule has 0 spiro atoms. The normalized spacial score (nSPS) is 11.0. The first-order valence-electron chi connectivity index (χ1n) is 6.66. The van der Waals surface area contributed by atoms with Crippen molar-refractivity contribution in [1.82, 2.24) is 10.3 Å². The zero-order valence-corrected chi connectivity index (χ0v) is 15.4. The Kier molecular flexibility index (Phi) is 9.83. The van der Waals surface area contributed by atoms with E-state index >= 15 is 0 Å². The Hall–Kier alpha value is -1.34. The third-order valence-corrected chi connectivity index (χ3v) is 4.14. The fourth-order valence-corrected chi connectivity index (χ4v) is 2.61. The van der Waals surface area contributed by atoms with Crippen molar-refractivity contribution in [3.63, 3.8) is 0 Å². The molecule has 1 atom stereocenters. The number of nitrogens with two attached hydrogens (primary N) is 1. The number of amides is 1. The van der Waals surface area contributed by atoms with Crippen LogP contribution in [0.1, 0.15) is 29.3 Å². The molecule has 1 aromatic heterocycles. The second-order valence-electron chi connectivity index (χ2n) is 4.75. The first-order chi connectivity index (χ1) is 10.1. The number of carbonyl (C=O) groups excluding carboxylic acids is 1. The molecule has 23 heavy (non-hydrogen) atoms. The van der Waals surface area contributed by atoms with E-state index in [4.69, 9.17) is 10.5 Å². The minimum absolute atomic E-state index is 0. The Balaban J connectivity index is 0.00000242. The summed E-state index contributed by atoms with van der Waals surface area (Å²) in [5.74, 6) is -0.0332. The van der Waals surface area contributed by atoms with Gasteiger partial charge in [0.2, 0.25) is 5.91 Å². The van der Waals surface area contributed by atoms with Gasteiger partial charge in [0.05, 0.1) is 18.7 Å². The molecular formula is C15H21Cl2N3O2S. The van der Waals surface area contributed by atoms with Crippen molar-refractivity contribution in [1.29, 1.82) is 0 Å². The molecule has 0 saturated carbocycles. The molecule has 1 amide bonds. The Morgan fingerprint density at radius 1 is 1.35 bits per heavy atom. The van der Waals surface area contributed by atoms with E-state index in [1.54, 1.807) is 19.2 Å². The molecule has 128 valence electrons. The Labute approximate surface area is 152 Å². The van der Waals surface area contributed by atoms with Gasteiger partial charge >= 0.3 is 0 Å². The second-order valence-corrected chi connectivity index (χ2v) is 5.64. The third-order valence-electron chi connectivity index (χ3n) is 3.08. The van der Waals surface area contributed by atoms with Crippen LogP contribution in [0.15, 0.2) is 29.6 Å². The van der Waals surface area contributed by atoms with Crippen LogP contribution < -0.4 is 11.1 Å². The van der Waals surface area contributed by atoms with Gasteiger partial charge in [-0.15, -0.1) is 36.2 Å². The quantitative estimate of drug-likeness (QED) is 0.757. The molecule has 2 aromatic rings. The highest BCUT2D eigenvalue weighted by molar-refractivity contribution is 7.09. The van der Waals surface area contributed by atoms with Gasteiger partial charge in [-0.25, -0.2) is 4.98 Å². The predicted molar refractivity (Wildman–Crippen MR) is 98.4 cm³/mol. The van der Waals surface area contributed by atoms with Crippen LogP contribution in [-0.4, -0.2) is 18.0 Å². The number of nitrogens with zero attached hydrogens (tertiary/aromatic N) is 1. The predicted octanol–water partition coefficient (Wildman–Crippen LogP) is 3.14. The van der Waals surface area contributed by atoms with Gasteiger partial charge in [0, 0.05) is 18.2 Å². The maximum absolute atomic E-state index is 11.9. The number of aromatic nitrogens is 1. The van der Waals surface area contributed by atoms with Crippen molar-refractivity contribution >= 4 is 47.7 Å². The van der Waals surface area contributed by atoms with Gasteiger partial charge in [0.15, 0.2) is 0 Å². The van der Waals surface area contributed by atoms with E-state index in [1.807, 2.05) is 24.4 Å². The fraction of sp³-hybridized carbons (Fsp3) is 0.333. The van der Waals surface area contributed by atoms with Crippen LogP contribution in [0, 0.1) is 0 Å². The average molecular weight is 378 g/mol. The van der Waals surface area contributed by atoms with E-state index in [0.29, 0.717) is 18.7 Å². The molecule has 1 heterocycles. The highest BCUT2D eigenvalue weighted by atomic mass is 35.5. The molecule has 0 saturated heterocycles. The number of carbonyl (C=O) groups is 1. The van der Waals surface area contributed by atoms with Crippen LogP contribution in [0.5, 0.6) is 0 Å². The van der Waals surface area contributed by atoms with E-state index in [2.05, 4.69) is 10.3 Å². The molecule has 0 bridgehead atoms. The number of anilines is 1. The first-order valence-corrected chi connectivity index (χ1v) is 7.54. The largest absolute Gasteiger partial charge is 0.399 e. The van der Waals surface area contributed by atoms with E-state index in [-0.39, 0.29) is 36.8 Å². The van der Waals surface area contributed by atoms with Crippen LogP contribution >= 0.6 is 36.2 Å². The lowest BCUT2D eigenvalue weighted by Gasteiger charge is -2.05. The number of methoxy groups -OCH3 is 1. The number of nitrogens with one attached hydrogen (secondary N) is 1. The lowest BCUT2D eigenvalue weighted by atomic mass is 10.1. The molecule has 0 radical (unpaired) electrons. The van der Waals surface area contributed by atoms with Crippen LogP contribution in [0.3, 0.4) is 0 Å². The van der Waals surface area contributed by atoms with Gasteiger partial charge in [-0.3, -0.25) is 4.79 Å². The Morgan fingerprint density at radius 2 is 2.00 bits per heavy atom. The summed E-state index contributed by atoms with van der Waals surface area (Å²) in [6.45, 7) is 2.38. The number of nitrogen functional groups attached to an aromatic ring is 1. The molecule has 1 unspecified atom stereocenters. The Bertz CT molecular complexity index is 605. The van der Waals surface area contributed by atoms with Gasteiger partial charge in [-0.2, -0.15) is 0 Å². The molecule has 0 aliphatic carbocycles. The standard InChI is InChI=1S/C15H19N3O2S.2ClH/c1-10(20-2)15-18-13(9-21-15)8-17-14(19)7-11-3-5-12(16)6-4-11;;/h3-6,9-10H,7-8,16H2,1-2H3,(H,17,19);2*1H. The van der Waals surface area contributed by atoms with Gasteiger partial charge < -0.3 is 15.8 Å². The molecule has 8 heteroatoms. The van der Waals surface area contributed by atoms with E-state index in [1.165, 1.54) is 11.3 Å². The Morgan fingerprint density at radius 3 is 2.61 bits per heavy atom. The summed E-state index contributed by atoms with van der Waals surface area (Å²) in [5.41, 5.74) is 8.10. The van der Waals surface area contributed by atoms with Crippen LogP contribution in [0.4, 0.5) is 5.69 Å². The lowest BCUT2D eigenvalue weighted by molar-refractivity contribution is -0.120. The van der Waals surface area contributed by atoms with Crippen LogP contribution in [0.2, 0.25) is 0 Å². The summed E-state index contributed by atoms with van der Waals surface area (Å²) in [4.78, 5) is 16.3. The maximum atomic E-state index is 11.9. The summed E-state index contributed by atoms with van der Waals surface area (Å²) in [7, 11) is 1.65. The summed E-state index contributed by atoms with van der Waals surface area (Å²) in [6.07, 6.45) is 0.320. The topological polar surface area (TPSA) is 77.2 Å². The SMILES string of the molecule is COC(C)c1nc(CNC(=O)Cc2ccc(N)cc2)cs1.Cl.Cl. The first kappa shape index (κ1) is 21.7. The summed E-state index contributed by atoms with van der Waals surface area (Å²) in [6, 6.07) is 7.30. The zero-order valence-electron chi connectivity index (χ0n) is 12.9. The number of rotatable bonds is 6. The number of halogens is 2. The molecule has 5 nitrogen and oxygen atoms in total. The van der Waals surface area contributed by atoms with Crippen molar-refractivity contribution < 1.29 is 9.53 Å². The number of ether oxygens (including phenoxy) is 1. The molecule has 3 N–H and O–H groups in total. The van der Waals surface area contributed by atoms with Crippen LogP contribution in [0.25, 0.3) is 0 Å². The number of hydrogen-bond acceptors (Lipinski definition) is 5. The van der Waals surface area contributed by atoms with Crippen molar-refractivity contribution in [2.24, 2.45) is 0 Å². The number of benzene rings is 1. The van der Waals surface area contributed by atoms with Crippen molar-refractivity contribution in [3.05, 3.63) is 45.9 Å². The minimum atomic E-state index is -0.0332. The molecule has 0 aliphatic heterocycles. The van der Waals surface area contributed by atoms with E-state index in [9.17, 15) is 4.79 Å². The van der Waals surface area contributed by atoms with Gasteiger partial charge in [0.25, 0.3) is 0 Å². The van der Waals surface area contributed by atoms with Crippen LogP contribution in [-0.2, 0) is 22.5 Å². The smallest absolute Gasteiger partial charge is 0.224 e.